The Balaban J connectivity index is 1.63. The van der Waals surface area contributed by atoms with Crippen molar-refractivity contribution in [2.75, 3.05) is 13.6 Å². The zero-order valence-electron chi connectivity index (χ0n) is 17.7. The topological polar surface area (TPSA) is 84.3 Å². The van der Waals surface area contributed by atoms with Gasteiger partial charge in [0.2, 0.25) is 15.9 Å². The Morgan fingerprint density at radius 1 is 1.16 bits per heavy atom. The molecule has 1 atom stereocenters. The number of nitrogens with zero attached hydrogens (tertiary/aromatic N) is 3. The minimum Gasteiger partial charge on any atom is -0.342 e. The van der Waals surface area contributed by atoms with Crippen LogP contribution in [0.2, 0.25) is 0 Å². The quantitative estimate of drug-likeness (QED) is 0.530. The summed E-state index contributed by atoms with van der Waals surface area (Å²) < 4.78 is 54.8. The zero-order valence-corrected chi connectivity index (χ0v) is 18.5. The molecule has 7 nitrogen and oxygen atoms in total. The number of imidazole rings is 1. The number of benzene rings is 2. The lowest BCUT2D eigenvalue weighted by molar-refractivity contribution is -0.121. The third kappa shape index (κ3) is 5.57. The summed E-state index contributed by atoms with van der Waals surface area (Å²) in [6.07, 6.45) is 3.63. The van der Waals surface area contributed by atoms with E-state index in [0.29, 0.717) is 11.4 Å². The molecule has 10 heteroatoms. The van der Waals surface area contributed by atoms with Gasteiger partial charge in [0.15, 0.2) is 0 Å². The van der Waals surface area contributed by atoms with Crippen molar-refractivity contribution in [1.29, 1.82) is 0 Å². The van der Waals surface area contributed by atoms with Crippen LogP contribution in [0.15, 0.2) is 65.8 Å². The monoisotopic (exact) mass is 462 g/mol. The number of rotatable bonds is 9. The van der Waals surface area contributed by atoms with Gasteiger partial charge in [-0.15, -0.1) is 0 Å². The van der Waals surface area contributed by atoms with Gasteiger partial charge in [0.1, 0.15) is 23.5 Å². The summed E-state index contributed by atoms with van der Waals surface area (Å²) in [7, 11) is -0.609. The number of aryl methyl sites for hydroxylation is 1. The molecule has 1 amide bonds. The van der Waals surface area contributed by atoms with E-state index in [9.17, 15) is 22.0 Å². The van der Waals surface area contributed by atoms with E-state index in [1.165, 1.54) is 31.3 Å². The van der Waals surface area contributed by atoms with Gasteiger partial charge in [-0.2, -0.15) is 0 Å². The van der Waals surface area contributed by atoms with Gasteiger partial charge in [-0.3, -0.25) is 4.79 Å². The molecule has 0 fully saturated rings. The molecule has 1 heterocycles. The summed E-state index contributed by atoms with van der Waals surface area (Å²) in [5.41, 5.74) is 0.545. The van der Waals surface area contributed by atoms with Crippen LogP contribution in [0.25, 0.3) is 0 Å². The molecule has 0 aliphatic heterocycles. The summed E-state index contributed by atoms with van der Waals surface area (Å²) in [6.45, 7) is 0.0974. The molecule has 0 saturated carbocycles. The first kappa shape index (κ1) is 23.6. The molecule has 0 radical (unpaired) electrons. The SMILES string of the molecule is CN(CCCC(=O)NC(c1cccc(F)c1)c1nccn1C)S(=O)(=O)c1ccc(F)cc1. The van der Waals surface area contributed by atoms with E-state index >= 15 is 0 Å². The Bertz CT molecular complexity index is 1180. The number of amides is 1. The fourth-order valence-corrected chi connectivity index (χ4v) is 4.45. The van der Waals surface area contributed by atoms with Crippen molar-refractivity contribution < 1.29 is 22.0 Å². The van der Waals surface area contributed by atoms with Gasteiger partial charge in [-0.05, 0) is 48.4 Å². The van der Waals surface area contributed by atoms with Crippen LogP contribution in [0.3, 0.4) is 0 Å². The minimum atomic E-state index is -3.79. The van der Waals surface area contributed by atoms with Crippen molar-refractivity contribution in [3.8, 4) is 0 Å². The maximum Gasteiger partial charge on any atom is 0.242 e. The van der Waals surface area contributed by atoms with Crippen LogP contribution in [-0.2, 0) is 21.9 Å². The van der Waals surface area contributed by atoms with E-state index in [1.807, 2.05) is 0 Å². The van der Waals surface area contributed by atoms with Crippen LogP contribution in [0.1, 0.15) is 30.3 Å². The molecule has 0 bridgehead atoms. The van der Waals surface area contributed by atoms with Crippen molar-refractivity contribution in [1.82, 2.24) is 19.2 Å². The van der Waals surface area contributed by atoms with Crippen LogP contribution in [0.4, 0.5) is 8.78 Å². The highest BCUT2D eigenvalue weighted by atomic mass is 32.2. The van der Waals surface area contributed by atoms with Crippen molar-refractivity contribution in [2.45, 2.75) is 23.8 Å². The van der Waals surface area contributed by atoms with Crippen molar-refractivity contribution in [2.24, 2.45) is 7.05 Å². The first-order valence-corrected chi connectivity index (χ1v) is 11.4. The third-order valence-electron chi connectivity index (χ3n) is 5.00. The van der Waals surface area contributed by atoms with Crippen LogP contribution >= 0.6 is 0 Å². The van der Waals surface area contributed by atoms with Crippen molar-refractivity contribution in [3.63, 3.8) is 0 Å². The van der Waals surface area contributed by atoms with E-state index in [1.54, 1.807) is 36.1 Å². The Hall–Kier alpha value is -3.11. The summed E-state index contributed by atoms with van der Waals surface area (Å²) >= 11 is 0. The van der Waals surface area contributed by atoms with E-state index in [2.05, 4.69) is 10.3 Å². The Kier molecular flexibility index (Phi) is 7.37. The fraction of sp³-hybridized carbons (Fsp3) is 0.273. The molecular formula is C22H24F2N4O3S. The maximum absolute atomic E-state index is 13.7. The summed E-state index contributed by atoms with van der Waals surface area (Å²) in [5.74, 6) is -0.734. The Morgan fingerprint density at radius 3 is 2.50 bits per heavy atom. The molecule has 0 saturated heterocycles. The Morgan fingerprint density at radius 2 is 1.88 bits per heavy atom. The molecule has 2 aromatic carbocycles. The lowest BCUT2D eigenvalue weighted by atomic mass is 10.1. The van der Waals surface area contributed by atoms with E-state index < -0.39 is 27.7 Å². The number of hydrogen-bond donors (Lipinski definition) is 1. The molecule has 32 heavy (non-hydrogen) atoms. The zero-order chi connectivity index (χ0) is 23.3. The van der Waals surface area contributed by atoms with Crippen molar-refractivity contribution >= 4 is 15.9 Å². The number of sulfonamides is 1. The predicted molar refractivity (Wildman–Crippen MR) is 115 cm³/mol. The molecule has 170 valence electrons. The highest BCUT2D eigenvalue weighted by molar-refractivity contribution is 7.89. The molecule has 0 aliphatic carbocycles. The maximum atomic E-state index is 13.7. The first-order chi connectivity index (χ1) is 15.2. The molecule has 3 aromatic rings. The largest absolute Gasteiger partial charge is 0.342 e. The minimum absolute atomic E-state index is 0.0215. The molecule has 1 aromatic heterocycles. The molecule has 1 N–H and O–H groups in total. The Labute approximate surface area is 185 Å². The van der Waals surface area contributed by atoms with Crippen molar-refractivity contribution in [3.05, 3.63) is 83.9 Å². The molecule has 0 aliphatic rings. The third-order valence-corrected chi connectivity index (χ3v) is 6.87. The average molecular weight is 463 g/mol. The van der Waals surface area contributed by atoms with Gasteiger partial charge in [0.05, 0.1) is 4.90 Å². The van der Waals surface area contributed by atoms with Crippen LogP contribution in [0, 0.1) is 11.6 Å². The van der Waals surface area contributed by atoms with Gasteiger partial charge in [-0.25, -0.2) is 26.5 Å². The van der Waals surface area contributed by atoms with Gasteiger partial charge >= 0.3 is 0 Å². The molecule has 1 unspecified atom stereocenters. The highest BCUT2D eigenvalue weighted by Crippen LogP contribution is 2.22. The van der Waals surface area contributed by atoms with Gasteiger partial charge in [0.25, 0.3) is 0 Å². The standard InChI is InChI=1S/C22H24F2N4O3S/c1-27-14-12-25-22(27)21(16-5-3-6-18(24)15-16)26-20(29)7-4-13-28(2)32(30,31)19-10-8-17(23)9-11-19/h3,5-6,8-12,14-15,21H,4,7,13H2,1-2H3,(H,26,29). The second kappa shape index (κ2) is 10.0. The number of carbonyl (C=O) groups excluding carboxylic acids is 1. The summed E-state index contributed by atoms with van der Waals surface area (Å²) in [5, 5.41) is 2.86. The number of carbonyl (C=O) groups is 1. The predicted octanol–water partition coefficient (Wildman–Crippen LogP) is 3.00. The van der Waals surface area contributed by atoms with E-state index in [0.717, 1.165) is 16.4 Å². The van der Waals surface area contributed by atoms with Gasteiger partial charge in [-0.1, -0.05) is 12.1 Å². The van der Waals surface area contributed by atoms with Crippen LogP contribution < -0.4 is 5.32 Å². The lowest BCUT2D eigenvalue weighted by Gasteiger charge is -2.20. The number of halogens is 2. The molecular weight excluding hydrogens is 438 g/mol. The summed E-state index contributed by atoms with van der Waals surface area (Å²) in [6, 6.07) is 9.82. The molecule has 0 spiro atoms. The smallest absolute Gasteiger partial charge is 0.242 e. The van der Waals surface area contributed by atoms with Gasteiger partial charge in [0, 0.05) is 39.5 Å². The molecule has 3 rings (SSSR count). The van der Waals surface area contributed by atoms with E-state index in [-0.39, 0.29) is 30.2 Å². The van der Waals surface area contributed by atoms with Crippen LogP contribution in [0.5, 0.6) is 0 Å². The second-order valence-corrected chi connectivity index (χ2v) is 9.38. The second-order valence-electron chi connectivity index (χ2n) is 7.34. The average Bonchev–Trinajstić information content (AvgIpc) is 3.17. The van der Waals surface area contributed by atoms with E-state index in [4.69, 9.17) is 0 Å². The van der Waals surface area contributed by atoms with Gasteiger partial charge < -0.3 is 9.88 Å². The number of aromatic nitrogens is 2. The normalized spacial score (nSPS) is 12.7. The lowest BCUT2D eigenvalue weighted by Crippen LogP contribution is -2.32. The fourth-order valence-electron chi connectivity index (χ4n) is 3.24. The highest BCUT2D eigenvalue weighted by Gasteiger charge is 2.23. The number of nitrogens with one attached hydrogen (secondary N) is 1. The summed E-state index contributed by atoms with van der Waals surface area (Å²) in [4.78, 5) is 16.9. The first-order valence-electron chi connectivity index (χ1n) is 9.92. The number of hydrogen-bond acceptors (Lipinski definition) is 4. The van der Waals surface area contributed by atoms with Crippen LogP contribution in [-0.4, -0.2) is 41.8 Å².